The number of rotatable bonds is 8. The van der Waals surface area contributed by atoms with Crippen LogP contribution in [0.4, 0.5) is 4.79 Å². The molecule has 3 amide bonds. The molecule has 0 saturated carbocycles. The Balaban J connectivity index is 2.02. The molecule has 0 bridgehead atoms. The predicted octanol–water partition coefficient (Wildman–Crippen LogP) is 0.149. The fourth-order valence-corrected chi connectivity index (χ4v) is 3.17. The minimum absolute atomic E-state index is 0.0426. The van der Waals surface area contributed by atoms with Crippen LogP contribution in [0.1, 0.15) is 18.9 Å². The fraction of sp³-hybridized carbons (Fsp3) is 0.556. The van der Waals surface area contributed by atoms with Crippen LogP contribution in [0.3, 0.4) is 0 Å². The van der Waals surface area contributed by atoms with Gasteiger partial charge in [0.05, 0.1) is 13.2 Å². The lowest BCUT2D eigenvalue weighted by molar-refractivity contribution is -0.133. The highest BCUT2D eigenvalue weighted by atomic mass is 16.5. The number of hydrogen-bond donors (Lipinski definition) is 3. The quantitative estimate of drug-likeness (QED) is 0.608. The van der Waals surface area contributed by atoms with E-state index in [9.17, 15) is 14.7 Å². The van der Waals surface area contributed by atoms with Gasteiger partial charge in [0, 0.05) is 44.4 Å². The molecule has 1 aliphatic rings. The smallest absolute Gasteiger partial charge is 0.312 e. The Labute approximate surface area is 153 Å². The van der Waals surface area contributed by atoms with Crippen molar-refractivity contribution in [1.29, 1.82) is 0 Å². The Hall–Kier alpha value is -2.32. The molecular formula is C18H28N4O4. The molecule has 26 heavy (non-hydrogen) atoms. The molecule has 1 heterocycles. The summed E-state index contributed by atoms with van der Waals surface area (Å²) in [6.45, 7) is 4.97. The summed E-state index contributed by atoms with van der Waals surface area (Å²) in [5.74, 6) is 0.697. The van der Waals surface area contributed by atoms with Crippen LogP contribution in [0.2, 0.25) is 0 Å². The lowest BCUT2D eigenvalue weighted by Gasteiger charge is -2.41. The number of aliphatic hydroxyl groups is 1. The predicted molar refractivity (Wildman–Crippen MR) is 97.7 cm³/mol. The molecule has 0 aliphatic carbocycles. The Morgan fingerprint density at radius 1 is 1.35 bits per heavy atom. The maximum atomic E-state index is 12.2. The van der Waals surface area contributed by atoms with Crippen LogP contribution in [0.5, 0.6) is 5.75 Å². The Morgan fingerprint density at radius 3 is 2.81 bits per heavy atom. The zero-order valence-electron chi connectivity index (χ0n) is 15.2. The van der Waals surface area contributed by atoms with Gasteiger partial charge in [0.1, 0.15) is 5.75 Å². The molecule has 1 fully saturated rings. The topological polar surface area (TPSA) is 108 Å². The molecule has 144 valence electrons. The molecule has 1 saturated heterocycles. The van der Waals surface area contributed by atoms with Gasteiger partial charge in [0.25, 0.3) is 0 Å². The van der Waals surface area contributed by atoms with Crippen LogP contribution in [0.25, 0.3) is 0 Å². The molecule has 1 atom stereocenters. The number of primary amides is 1. The summed E-state index contributed by atoms with van der Waals surface area (Å²) < 4.78 is 5.69. The van der Waals surface area contributed by atoms with Crippen molar-refractivity contribution in [2.45, 2.75) is 25.9 Å². The van der Waals surface area contributed by atoms with Gasteiger partial charge in [0.2, 0.25) is 5.91 Å². The van der Waals surface area contributed by atoms with Gasteiger partial charge in [-0.2, -0.15) is 0 Å². The van der Waals surface area contributed by atoms with E-state index in [4.69, 9.17) is 10.5 Å². The molecule has 0 spiro atoms. The van der Waals surface area contributed by atoms with Crippen LogP contribution in [0, 0.1) is 0 Å². The summed E-state index contributed by atoms with van der Waals surface area (Å²) in [6, 6.07) is 7.25. The standard InChI is InChI=1S/C18H28N4O4/c1-2-26-16-6-4-3-5-14(16)12-21-8-9-22(13-15(21)7-10-23)17(24)11-20-18(19)25/h3-6,15,23H,2,7-13H2,1H3,(H3,19,20,25)/t15-/m0/s1. The minimum atomic E-state index is -0.712. The van der Waals surface area contributed by atoms with E-state index < -0.39 is 6.03 Å². The number of carbonyl (C=O) groups is 2. The second-order valence-electron chi connectivity index (χ2n) is 6.23. The van der Waals surface area contributed by atoms with Crippen LogP contribution < -0.4 is 15.8 Å². The SMILES string of the molecule is CCOc1ccccc1CN1CCN(C(=O)CNC(N)=O)C[C@@H]1CCO. The third kappa shape index (κ3) is 5.60. The van der Waals surface area contributed by atoms with E-state index in [0.717, 1.165) is 11.3 Å². The lowest BCUT2D eigenvalue weighted by atomic mass is 10.1. The number of aliphatic hydroxyl groups excluding tert-OH is 1. The van der Waals surface area contributed by atoms with Crippen molar-refractivity contribution in [3.8, 4) is 5.75 Å². The summed E-state index contributed by atoms with van der Waals surface area (Å²) in [7, 11) is 0. The van der Waals surface area contributed by atoms with Gasteiger partial charge in [-0.05, 0) is 19.4 Å². The number of amides is 3. The zero-order valence-corrected chi connectivity index (χ0v) is 15.2. The van der Waals surface area contributed by atoms with E-state index in [1.54, 1.807) is 4.90 Å². The van der Waals surface area contributed by atoms with Gasteiger partial charge in [-0.3, -0.25) is 9.69 Å². The number of nitrogens with two attached hydrogens (primary N) is 1. The van der Waals surface area contributed by atoms with Crippen molar-refractivity contribution in [3.63, 3.8) is 0 Å². The van der Waals surface area contributed by atoms with Crippen LogP contribution in [-0.4, -0.2) is 72.3 Å². The lowest BCUT2D eigenvalue weighted by Crippen LogP contribution is -2.56. The molecule has 0 unspecified atom stereocenters. The van der Waals surface area contributed by atoms with Crippen molar-refractivity contribution in [2.24, 2.45) is 5.73 Å². The van der Waals surface area contributed by atoms with Crippen molar-refractivity contribution in [1.82, 2.24) is 15.1 Å². The maximum Gasteiger partial charge on any atom is 0.312 e. The number of carbonyl (C=O) groups excluding carboxylic acids is 2. The summed E-state index contributed by atoms with van der Waals surface area (Å²) >= 11 is 0. The molecule has 8 heteroatoms. The fourth-order valence-electron chi connectivity index (χ4n) is 3.17. The van der Waals surface area contributed by atoms with E-state index in [0.29, 0.717) is 39.2 Å². The molecule has 1 aliphatic heterocycles. The number of benzene rings is 1. The number of urea groups is 1. The van der Waals surface area contributed by atoms with Gasteiger partial charge >= 0.3 is 6.03 Å². The Morgan fingerprint density at radius 2 is 2.12 bits per heavy atom. The molecule has 4 N–H and O–H groups in total. The highest BCUT2D eigenvalue weighted by Crippen LogP contribution is 2.23. The van der Waals surface area contributed by atoms with Gasteiger partial charge in [0.15, 0.2) is 0 Å². The average Bonchev–Trinajstić information content (AvgIpc) is 2.63. The first kappa shape index (κ1) is 20.0. The van der Waals surface area contributed by atoms with E-state index >= 15 is 0 Å². The van der Waals surface area contributed by atoms with Gasteiger partial charge in [-0.1, -0.05) is 18.2 Å². The third-order valence-electron chi connectivity index (χ3n) is 4.48. The average molecular weight is 364 g/mol. The van der Waals surface area contributed by atoms with Crippen molar-refractivity contribution in [3.05, 3.63) is 29.8 Å². The first-order valence-corrected chi connectivity index (χ1v) is 8.91. The van der Waals surface area contributed by atoms with Crippen molar-refractivity contribution in [2.75, 3.05) is 39.4 Å². The van der Waals surface area contributed by atoms with Gasteiger partial charge < -0.3 is 25.8 Å². The van der Waals surface area contributed by atoms with Crippen molar-refractivity contribution >= 4 is 11.9 Å². The highest BCUT2D eigenvalue weighted by Gasteiger charge is 2.29. The number of para-hydroxylation sites is 1. The first-order chi connectivity index (χ1) is 12.5. The largest absolute Gasteiger partial charge is 0.494 e. The number of piperazine rings is 1. The second kappa shape index (κ2) is 9.98. The summed E-state index contributed by atoms with van der Waals surface area (Å²) in [5, 5.41) is 11.7. The maximum absolute atomic E-state index is 12.2. The van der Waals surface area contributed by atoms with Crippen LogP contribution >= 0.6 is 0 Å². The highest BCUT2D eigenvalue weighted by molar-refractivity contribution is 5.83. The molecule has 1 aromatic carbocycles. The number of nitrogens with one attached hydrogen (secondary N) is 1. The zero-order chi connectivity index (χ0) is 18.9. The second-order valence-corrected chi connectivity index (χ2v) is 6.23. The summed E-state index contributed by atoms with van der Waals surface area (Å²) in [4.78, 5) is 27.0. The van der Waals surface area contributed by atoms with Gasteiger partial charge in [-0.25, -0.2) is 4.79 Å². The molecule has 1 aromatic rings. The Bertz CT molecular complexity index is 611. The normalized spacial score (nSPS) is 17.8. The number of hydrogen-bond acceptors (Lipinski definition) is 5. The van der Waals surface area contributed by atoms with Crippen LogP contribution in [-0.2, 0) is 11.3 Å². The third-order valence-corrected chi connectivity index (χ3v) is 4.48. The summed E-state index contributed by atoms with van der Waals surface area (Å²) in [5.41, 5.74) is 6.11. The summed E-state index contributed by atoms with van der Waals surface area (Å²) in [6.07, 6.45) is 0.573. The molecular weight excluding hydrogens is 336 g/mol. The Kier molecular flexibility index (Phi) is 7.68. The van der Waals surface area contributed by atoms with Crippen molar-refractivity contribution < 1.29 is 19.4 Å². The monoisotopic (exact) mass is 364 g/mol. The number of ether oxygens (including phenoxy) is 1. The molecule has 0 aromatic heterocycles. The van der Waals surface area contributed by atoms with E-state index in [1.165, 1.54) is 0 Å². The van der Waals surface area contributed by atoms with Crippen LogP contribution in [0.15, 0.2) is 24.3 Å². The minimum Gasteiger partial charge on any atom is -0.494 e. The molecule has 0 radical (unpaired) electrons. The molecule has 2 rings (SSSR count). The number of nitrogens with zero attached hydrogens (tertiary/aromatic N) is 2. The van der Waals surface area contributed by atoms with E-state index in [2.05, 4.69) is 10.2 Å². The van der Waals surface area contributed by atoms with E-state index in [-0.39, 0.29) is 25.1 Å². The van der Waals surface area contributed by atoms with E-state index in [1.807, 2.05) is 31.2 Å². The molecule has 8 nitrogen and oxygen atoms in total. The van der Waals surface area contributed by atoms with Gasteiger partial charge in [-0.15, -0.1) is 0 Å². The first-order valence-electron chi connectivity index (χ1n) is 8.91.